The van der Waals surface area contributed by atoms with Crippen molar-refractivity contribution >= 4 is 23.6 Å². The van der Waals surface area contributed by atoms with Gasteiger partial charge in [-0.25, -0.2) is 4.79 Å². The van der Waals surface area contributed by atoms with Crippen LogP contribution in [0.5, 0.6) is 0 Å². The topological polar surface area (TPSA) is 57.6 Å². The van der Waals surface area contributed by atoms with Gasteiger partial charge >= 0.3 is 5.97 Å². The van der Waals surface area contributed by atoms with Crippen molar-refractivity contribution in [1.29, 1.82) is 0 Å². The summed E-state index contributed by atoms with van der Waals surface area (Å²) in [7, 11) is 0. The monoisotopic (exact) mass is 273 g/mol. The molecular weight excluding hydrogens is 250 g/mol. The molecule has 0 bridgehead atoms. The van der Waals surface area contributed by atoms with Crippen LogP contribution in [0, 0.1) is 5.92 Å². The molecule has 0 saturated carbocycles. The second-order valence-electron chi connectivity index (χ2n) is 5.17. The van der Waals surface area contributed by atoms with Crippen LogP contribution in [-0.4, -0.2) is 46.0 Å². The highest BCUT2D eigenvalue weighted by Crippen LogP contribution is 2.19. The summed E-state index contributed by atoms with van der Waals surface area (Å²) < 4.78 is 0. The summed E-state index contributed by atoms with van der Waals surface area (Å²) in [5.41, 5.74) is 0. The fraction of sp³-hybridized carbons (Fsp3) is 0.846. The molecule has 1 unspecified atom stereocenters. The van der Waals surface area contributed by atoms with E-state index in [0.29, 0.717) is 24.6 Å². The maximum Gasteiger partial charge on any atom is 0.326 e. The lowest BCUT2D eigenvalue weighted by atomic mass is 10.0. The molecule has 1 aliphatic rings. The highest BCUT2D eigenvalue weighted by molar-refractivity contribution is 7.99. The molecule has 1 aliphatic heterocycles. The molecule has 104 valence electrons. The first-order chi connectivity index (χ1) is 8.52. The van der Waals surface area contributed by atoms with Gasteiger partial charge in [-0.2, -0.15) is 11.8 Å². The van der Waals surface area contributed by atoms with Crippen LogP contribution in [0.3, 0.4) is 0 Å². The number of carboxylic acids is 1. The van der Waals surface area contributed by atoms with E-state index in [1.54, 1.807) is 16.7 Å². The van der Waals surface area contributed by atoms with Crippen molar-refractivity contribution in [3.63, 3.8) is 0 Å². The summed E-state index contributed by atoms with van der Waals surface area (Å²) in [5.74, 6) is 1.14. The van der Waals surface area contributed by atoms with Gasteiger partial charge in [-0.3, -0.25) is 4.79 Å². The molecule has 0 aromatic rings. The van der Waals surface area contributed by atoms with Crippen LogP contribution in [0.2, 0.25) is 0 Å². The zero-order chi connectivity index (χ0) is 13.5. The van der Waals surface area contributed by atoms with E-state index in [2.05, 4.69) is 13.8 Å². The largest absolute Gasteiger partial charge is 0.480 e. The molecule has 1 N–H and O–H groups in total. The van der Waals surface area contributed by atoms with Crippen LogP contribution >= 0.6 is 11.8 Å². The van der Waals surface area contributed by atoms with Crippen molar-refractivity contribution in [3.05, 3.63) is 0 Å². The average molecular weight is 273 g/mol. The number of rotatable bonds is 6. The van der Waals surface area contributed by atoms with E-state index >= 15 is 0 Å². The number of aliphatic carboxylic acids is 1. The summed E-state index contributed by atoms with van der Waals surface area (Å²) in [6.45, 7) is 4.92. The standard InChI is InChI=1S/C13H23NO3S/c1-10(2)6-8-18-9-12(15)14-7-4-3-5-11(14)13(16)17/h10-11H,3-9H2,1-2H3,(H,16,17). The molecule has 5 heteroatoms. The Balaban J connectivity index is 2.36. The SMILES string of the molecule is CC(C)CCSCC(=O)N1CCCCC1C(=O)O. The number of carbonyl (C=O) groups is 2. The van der Waals surface area contributed by atoms with Crippen molar-refractivity contribution in [1.82, 2.24) is 4.90 Å². The number of nitrogens with zero attached hydrogens (tertiary/aromatic N) is 1. The molecule has 1 saturated heterocycles. The van der Waals surface area contributed by atoms with E-state index in [1.807, 2.05) is 0 Å². The van der Waals surface area contributed by atoms with Gasteiger partial charge in [-0.1, -0.05) is 13.8 Å². The first-order valence-corrected chi connectivity index (χ1v) is 7.78. The zero-order valence-corrected chi connectivity index (χ0v) is 12.0. The van der Waals surface area contributed by atoms with E-state index < -0.39 is 12.0 Å². The normalized spacial score (nSPS) is 20.2. The fourth-order valence-electron chi connectivity index (χ4n) is 2.05. The molecule has 0 radical (unpaired) electrons. The van der Waals surface area contributed by atoms with Gasteiger partial charge in [0.15, 0.2) is 0 Å². The van der Waals surface area contributed by atoms with Crippen molar-refractivity contribution in [2.75, 3.05) is 18.1 Å². The molecule has 18 heavy (non-hydrogen) atoms. The molecule has 1 rings (SSSR count). The Hall–Kier alpha value is -0.710. The van der Waals surface area contributed by atoms with Gasteiger partial charge in [0.1, 0.15) is 6.04 Å². The summed E-state index contributed by atoms with van der Waals surface area (Å²) in [6, 6.07) is -0.600. The lowest BCUT2D eigenvalue weighted by Gasteiger charge is -2.32. The predicted molar refractivity (Wildman–Crippen MR) is 73.8 cm³/mol. The Labute approximate surface area is 113 Å². The Kier molecular flexibility index (Phi) is 6.54. The number of amides is 1. The van der Waals surface area contributed by atoms with Gasteiger partial charge < -0.3 is 10.0 Å². The van der Waals surface area contributed by atoms with E-state index in [1.165, 1.54) is 0 Å². The van der Waals surface area contributed by atoms with Crippen molar-refractivity contribution in [3.8, 4) is 0 Å². The van der Waals surface area contributed by atoms with Gasteiger partial charge in [0, 0.05) is 6.54 Å². The highest BCUT2D eigenvalue weighted by Gasteiger charge is 2.31. The zero-order valence-electron chi connectivity index (χ0n) is 11.2. The molecule has 0 spiro atoms. The number of piperidine rings is 1. The number of thioether (sulfide) groups is 1. The van der Waals surface area contributed by atoms with E-state index in [4.69, 9.17) is 5.11 Å². The number of hydrogen-bond acceptors (Lipinski definition) is 3. The second-order valence-corrected chi connectivity index (χ2v) is 6.28. The Morgan fingerprint density at radius 3 is 2.72 bits per heavy atom. The molecule has 1 amide bonds. The number of carboxylic acid groups (broad SMARTS) is 1. The van der Waals surface area contributed by atoms with Crippen LogP contribution < -0.4 is 0 Å². The molecule has 0 aromatic heterocycles. The lowest BCUT2D eigenvalue weighted by Crippen LogP contribution is -2.48. The minimum atomic E-state index is -0.866. The maximum absolute atomic E-state index is 12.0. The van der Waals surface area contributed by atoms with Crippen LogP contribution in [0.1, 0.15) is 39.5 Å². The summed E-state index contributed by atoms with van der Waals surface area (Å²) >= 11 is 1.61. The lowest BCUT2D eigenvalue weighted by molar-refractivity contribution is -0.150. The van der Waals surface area contributed by atoms with Crippen LogP contribution in [0.15, 0.2) is 0 Å². The van der Waals surface area contributed by atoms with E-state index in [0.717, 1.165) is 25.0 Å². The van der Waals surface area contributed by atoms with Crippen molar-refractivity contribution < 1.29 is 14.7 Å². The van der Waals surface area contributed by atoms with Crippen molar-refractivity contribution in [2.45, 2.75) is 45.6 Å². The summed E-state index contributed by atoms with van der Waals surface area (Å²) in [6.07, 6.45) is 3.52. The maximum atomic E-state index is 12.0. The number of likely N-dealkylation sites (tertiary alicyclic amines) is 1. The van der Waals surface area contributed by atoms with Gasteiger partial charge in [-0.15, -0.1) is 0 Å². The van der Waals surface area contributed by atoms with E-state index in [-0.39, 0.29) is 5.91 Å². The van der Waals surface area contributed by atoms with Gasteiger partial charge in [0.25, 0.3) is 0 Å². The third kappa shape index (κ3) is 4.88. The molecule has 0 aliphatic carbocycles. The van der Waals surface area contributed by atoms with Crippen LogP contribution in [-0.2, 0) is 9.59 Å². The Morgan fingerprint density at radius 1 is 1.39 bits per heavy atom. The summed E-state index contributed by atoms with van der Waals surface area (Å²) in [4.78, 5) is 24.6. The molecule has 1 fully saturated rings. The minimum absolute atomic E-state index is 0.0177. The molecule has 4 nitrogen and oxygen atoms in total. The first-order valence-electron chi connectivity index (χ1n) is 6.62. The van der Waals surface area contributed by atoms with Gasteiger partial charge in [0.05, 0.1) is 5.75 Å². The Morgan fingerprint density at radius 2 is 2.11 bits per heavy atom. The second kappa shape index (κ2) is 7.67. The third-order valence-electron chi connectivity index (χ3n) is 3.17. The fourth-order valence-corrected chi connectivity index (χ4v) is 3.17. The van der Waals surface area contributed by atoms with Crippen LogP contribution in [0.25, 0.3) is 0 Å². The number of hydrogen-bond donors (Lipinski definition) is 1. The molecule has 0 aromatic carbocycles. The molecule has 1 atom stereocenters. The third-order valence-corrected chi connectivity index (χ3v) is 4.15. The quantitative estimate of drug-likeness (QED) is 0.754. The van der Waals surface area contributed by atoms with Gasteiger partial charge in [-0.05, 0) is 37.4 Å². The smallest absolute Gasteiger partial charge is 0.326 e. The predicted octanol–water partition coefficient (Wildman–Crippen LogP) is 2.23. The summed E-state index contributed by atoms with van der Waals surface area (Å²) in [5, 5.41) is 9.10. The van der Waals surface area contributed by atoms with Gasteiger partial charge in [0.2, 0.25) is 5.91 Å². The Bertz CT molecular complexity index is 294. The first kappa shape index (κ1) is 15.3. The molecular formula is C13H23NO3S. The van der Waals surface area contributed by atoms with Crippen LogP contribution in [0.4, 0.5) is 0 Å². The molecule has 1 heterocycles. The van der Waals surface area contributed by atoms with E-state index in [9.17, 15) is 9.59 Å². The number of carbonyl (C=O) groups excluding carboxylic acids is 1. The minimum Gasteiger partial charge on any atom is -0.480 e. The van der Waals surface area contributed by atoms with Crippen molar-refractivity contribution in [2.24, 2.45) is 5.92 Å². The highest BCUT2D eigenvalue weighted by atomic mass is 32.2. The average Bonchev–Trinajstić information content (AvgIpc) is 2.34.